The van der Waals surface area contributed by atoms with E-state index in [1.807, 2.05) is 6.20 Å². The van der Waals surface area contributed by atoms with Gasteiger partial charge in [0.05, 0.1) is 25.2 Å². The maximum atomic E-state index is 12.6. The normalized spacial score (nSPS) is 10.5. The Bertz CT molecular complexity index is 958. The summed E-state index contributed by atoms with van der Waals surface area (Å²) in [5.74, 6) is -0.0285. The molecule has 27 heavy (non-hydrogen) atoms. The van der Waals surface area contributed by atoms with Gasteiger partial charge in [0.15, 0.2) is 0 Å². The molecule has 9 nitrogen and oxygen atoms in total. The fourth-order valence-corrected chi connectivity index (χ4v) is 2.56. The second kappa shape index (κ2) is 7.73. The zero-order chi connectivity index (χ0) is 19.4. The number of anilines is 1. The first-order chi connectivity index (χ1) is 13.0. The van der Waals surface area contributed by atoms with E-state index in [9.17, 15) is 9.59 Å². The molecule has 0 fully saturated rings. The molecule has 0 saturated carbocycles. The van der Waals surface area contributed by atoms with E-state index in [1.54, 1.807) is 56.3 Å². The Kier molecular flexibility index (Phi) is 5.20. The number of nitrogens with zero attached hydrogens (tertiary/aromatic N) is 4. The third-order valence-corrected chi connectivity index (χ3v) is 3.97. The summed E-state index contributed by atoms with van der Waals surface area (Å²) in [5.41, 5.74) is 1.92. The summed E-state index contributed by atoms with van der Waals surface area (Å²) in [5, 5.41) is 13.7. The minimum Gasteiger partial charge on any atom is -0.497 e. The lowest BCUT2D eigenvalue weighted by Crippen LogP contribution is -2.26. The standard InChI is InChI=1S/C18H20N6O3/c1-23-11-12(9-20-23)8-19-18(26)16-15(10-21-24(16)2)22-17(25)13-4-6-14(27-3)7-5-13/h4-7,9-11H,8H2,1-3H3,(H,19,26)(H,22,25). The van der Waals surface area contributed by atoms with Gasteiger partial charge in [-0.1, -0.05) is 0 Å². The van der Waals surface area contributed by atoms with Crippen LogP contribution in [0.15, 0.2) is 42.9 Å². The van der Waals surface area contributed by atoms with Crippen molar-refractivity contribution in [3.63, 3.8) is 0 Å². The van der Waals surface area contributed by atoms with Gasteiger partial charge in [-0.15, -0.1) is 0 Å². The maximum absolute atomic E-state index is 12.6. The number of ether oxygens (including phenoxy) is 1. The molecule has 0 radical (unpaired) electrons. The fourth-order valence-electron chi connectivity index (χ4n) is 2.56. The monoisotopic (exact) mass is 368 g/mol. The van der Waals surface area contributed by atoms with Crippen molar-refractivity contribution in [3.05, 3.63) is 59.7 Å². The molecule has 2 aromatic heterocycles. The number of aryl methyl sites for hydroxylation is 2. The molecule has 2 heterocycles. The first-order valence-electron chi connectivity index (χ1n) is 8.21. The molecule has 140 valence electrons. The highest BCUT2D eigenvalue weighted by Gasteiger charge is 2.19. The van der Waals surface area contributed by atoms with Crippen LogP contribution < -0.4 is 15.4 Å². The molecular weight excluding hydrogens is 348 g/mol. The summed E-state index contributed by atoms with van der Waals surface area (Å²) < 4.78 is 8.16. The number of amides is 2. The first kappa shape index (κ1) is 18.2. The van der Waals surface area contributed by atoms with Crippen molar-refractivity contribution < 1.29 is 14.3 Å². The number of nitrogens with one attached hydrogen (secondary N) is 2. The first-order valence-corrected chi connectivity index (χ1v) is 8.21. The number of hydrogen-bond donors (Lipinski definition) is 2. The molecule has 0 unspecified atom stereocenters. The molecule has 0 aliphatic rings. The fraction of sp³-hybridized carbons (Fsp3) is 0.222. The van der Waals surface area contributed by atoms with Crippen LogP contribution in [-0.2, 0) is 20.6 Å². The number of methoxy groups -OCH3 is 1. The van der Waals surface area contributed by atoms with Crippen LogP contribution in [0.1, 0.15) is 26.4 Å². The number of aromatic nitrogens is 4. The highest BCUT2D eigenvalue weighted by molar-refractivity contribution is 6.08. The molecule has 0 bridgehead atoms. The smallest absolute Gasteiger partial charge is 0.271 e. The molecule has 0 spiro atoms. The third kappa shape index (κ3) is 4.14. The molecule has 3 rings (SSSR count). The third-order valence-electron chi connectivity index (χ3n) is 3.97. The second-order valence-electron chi connectivity index (χ2n) is 5.92. The van der Waals surface area contributed by atoms with Gasteiger partial charge in [-0.2, -0.15) is 10.2 Å². The Hall–Kier alpha value is -3.62. The van der Waals surface area contributed by atoms with Gasteiger partial charge in [0.25, 0.3) is 11.8 Å². The Morgan fingerprint density at radius 2 is 1.81 bits per heavy atom. The van der Waals surface area contributed by atoms with Crippen molar-refractivity contribution in [2.24, 2.45) is 14.1 Å². The lowest BCUT2D eigenvalue weighted by atomic mass is 10.2. The quantitative estimate of drug-likeness (QED) is 0.684. The van der Waals surface area contributed by atoms with Gasteiger partial charge in [0.2, 0.25) is 0 Å². The van der Waals surface area contributed by atoms with Crippen LogP contribution in [0, 0.1) is 0 Å². The Morgan fingerprint density at radius 3 is 2.44 bits per heavy atom. The molecule has 0 atom stereocenters. The highest BCUT2D eigenvalue weighted by Crippen LogP contribution is 2.17. The Labute approximate surface area is 155 Å². The minimum atomic E-state index is -0.344. The van der Waals surface area contributed by atoms with Crippen molar-refractivity contribution >= 4 is 17.5 Å². The minimum absolute atomic E-state index is 0.265. The van der Waals surface area contributed by atoms with Gasteiger partial charge in [0, 0.05) is 38.0 Å². The molecule has 0 saturated heterocycles. The van der Waals surface area contributed by atoms with Gasteiger partial charge >= 0.3 is 0 Å². The van der Waals surface area contributed by atoms with Crippen LogP contribution in [0.5, 0.6) is 5.75 Å². The second-order valence-corrected chi connectivity index (χ2v) is 5.92. The summed E-state index contributed by atoms with van der Waals surface area (Å²) in [4.78, 5) is 25.0. The van der Waals surface area contributed by atoms with E-state index in [4.69, 9.17) is 4.74 Å². The molecule has 2 N–H and O–H groups in total. The van der Waals surface area contributed by atoms with Crippen molar-refractivity contribution in [1.82, 2.24) is 24.9 Å². The van der Waals surface area contributed by atoms with E-state index < -0.39 is 0 Å². The summed E-state index contributed by atoms with van der Waals surface area (Å²) in [6, 6.07) is 6.68. The van der Waals surface area contributed by atoms with E-state index in [-0.39, 0.29) is 17.5 Å². The molecule has 3 aromatic rings. The Morgan fingerprint density at radius 1 is 1.07 bits per heavy atom. The summed E-state index contributed by atoms with van der Waals surface area (Å²) >= 11 is 0. The van der Waals surface area contributed by atoms with E-state index >= 15 is 0 Å². The predicted molar refractivity (Wildman–Crippen MR) is 98.5 cm³/mol. The average Bonchev–Trinajstić information content (AvgIpc) is 3.25. The van der Waals surface area contributed by atoms with Crippen molar-refractivity contribution in [2.45, 2.75) is 6.54 Å². The lowest BCUT2D eigenvalue weighted by Gasteiger charge is -2.09. The van der Waals surface area contributed by atoms with Gasteiger partial charge < -0.3 is 15.4 Å². The van der Waals surface area contributed by atoms with Crippen molar-refractivity contribution in [1.29, 1.82) is 0 Å². The number of benzene rings is 1. The number of hydrogen-bond acceptors (Lipinski definition) is 5. The molecule has 0 aliphatic carbocycles. The largest absolute Gasteiger partial charge is 0.497 e. The van der Waals surface area contributed by atoms with E-state index in [0.29, 0.717) is 23.5 Å². The van der Waals surface area contributed by atoms with E-state index in [2.05, 4.69) is 20.8 Å². The van der Waals surface area contributed by atoms with Gasteiger partial charge in [-0.05, 0) is 24.3 Å². The van der Waals surface area contributed by atoms with Gasteiger partial charge in [0.1, 0.15) is 11.4 Å². The van der Waals surface area contributed by atoms with Crippen LogP contribution in [0.2, 0.25) is 0 Å². The molecule has 2 amide bonds. The molecular formula is C18H20N6O3. The zero-order valence-corrected chi connectivity index (χ0v) is 15.3. The van der Waals surface area contributed by atoms with Crippen molar-refractivity contribution in [3.8, 4) is 5.75 Å². The molecule has 1 aromatic carbocycles. The van der Waals surface area contributed by atoms with Gasteiger partial charge in [-0.3, -0.25) is 19.0 Å². The average molecular weight is 368 g/mol. The van der Waals surface area contributed by atoms with Gasteiger partial charge in [-0.25, -0.2) is 0 Å². The number of carbonyl (C=O) groups is 2. The molecule has 9 heteroatoms. The van der Waals surface area contributed by atoms with Crippen LogP contribution in [0.25, 0.3) is 0 Å². The predicted octanol–water partition coefficient (Wildman–Crippen LogP) is 1.34. The lowest BCUT2D eigenvalue weighted by molar-refractivity contribution is 0.0942. The Balaban J connectivity index is 1.71. The van der Waals surface area contributed by atoms with Crippen LogP contribution >= 0.6 is 0 Å². The van der Waals surface area contributed by atoms with Crippen LogP contribution in [0.3, 0.4) is 0 Å². The SMILES string of the molecule is COc1ccc(C(=O)Nc2cnn(C)c2C(=O)NCc2cnn(C)c2)cc1. The van der Waals surface area contributed by atoms with Crippen molar-refractivity contribution in [2.75, 3.05) is 12.4 Å². The zero-order valence-electron chi connectivity index (χ0n) is 15.3. The maximum Gasteiger partial charge on any atom is 0.271 e. The van der Waals surface area contributed by atoms with Crippen LogP contribution in [0.4, 0.5) is 5.69 Å². The summed E-state index contributed by atoms with van der Waals surface area (Å²) in [6.07, 6.45) is 4.94. The number of rotatable bonds is 6. The summed E-state index contributed by atoms with van der Waals surface area (Å²) in [6.45, 7) is 0.323. The highest BCUT2D eigenvalue weighted by atomic mass is 16.5. The van der Waals surface area contributed by atoms with Crippen LogP contribution in [-0.4, -0.2) is 38.5 Å². The number of carbonyl (C=O) groups excluding carboxylic acids is 2. The topological polar surface area (TPSA) is 103 Å². The molecule has 0 aliphatic heterocycles. The van der Waals surface area contributed by atoms with E-state index in [1.165, 1.54) is 10.9 Å². The van der Waals surface area contributed by atoms with E-state index in [0.717, 1.165) is 5.56 Å². The summed E-state index contributed by atoms with van der Waals surface area (Å²) in [7, 11) is 5.00.